The fourth-order valence-corrected chi connectivity index (χ4v) is 14.2. The Kier molecular flexibility index (Phi) is 31.6. The van der Waals surface area contributed by atoms with E-state index < -0.39 is 34.5 Å². The Labute approximate surface area is 741 Å². The summed E-state index contributed by atoms with van der Waals surface area (Å²) < 4.78 is 6.32. The van der Waals surface area contributed by atoms with Crippen LogP contribution in [0.15, 0.2) is 190 Å². The van der Waals surface area contributed by atoms with Gasteiger partial charge in [-0.1, -0.05) is 183 Å². The lowest BCUT2D eigenvalue weighted by Gasteiger charge is -2.19. The van der Waals surface area contributed by atoms with E-state index >= 15 is 0 Å². The molecular weight excluding hydrogens is 1710 g/mol. The van der Waals surface area contributed by atoms with Crippen LogP contribution in [0.2, 0.25) is 15.1 Å². The van der Waals surface area contributed by atoms with Gasteiger partial charge in [-0.05, 0) is 123 Å². The second-order valence-electron chi connectivity index (χ2n) is 29.2. The molecule has 12 aromatic rings. The second kappa shape index (κ2) is 41.5. The number of rotatable bonds is 27. The number of benzene rings is 7. The maximum absolute atomic E-state index is 12.3. The number of carboxylic acid groups (broad SMARTS) is 4. The number of halogens is 3. The fourth-order valence-electron chi connectivity index (χ4n) is 12.5. The summed E-state index contributed by atoms with van der Waals surface area (Å²) in [5, 5.41) is 109. The number of hydrogen-bond donors (Lipinski definition) is 8. The predicted octanol–water partition coefficient (Wildman–Crippen LogP) is 17.7. The van der Waals surface area contributed by atoms with Crippen molar-refractivity contribution in [2.24, 2.45) is 48.2 Å². The Balaban J connectivity index is 0.000000188. The van der Waals surface area contributed by atoms with Crippen LogP contribution in [0.1, 0.15) is 154 Å². The van der Waals surface area contributed by atoms with Crippen LogP contribution in [0.4, 0.5) is 5.69 Å². The maximum atomic E-state index is 12.3. The quantitative estimate of drug-likeness (QED) is 0.00779. The molecule has 0 amide bonds. The third kappa shape index (κ3) is 23.9. The monoisotopic (exact) mass is 1790 g/mol. The lowest BCUT2D eigenvalue weighted by molar-refractivity contribution is -0.385. The number of Topliss-reactive ketones (excluding diaryl/α,β-unsaturated/α-hetero) is 2. The second-order valence-corrected chi connectivity index (χ2v) is 32.7. The number of ketones is 2. The number of thiophene rings is 1. The van der Waals surface area contributed by atoms with Crippen LogP contribution in [0.25, 0.3) is 45.0 Å². The van der Waals surface area contributed by atoms with E-state index in [2.05, 4.69) is 73.3 Å². The van der Waals surface area contributed by atoms with Crippen molar-refractivity contribution in [2.75, 3.05) is 26.2 Å². The number of aromatic carboxylic acids is 4. The summed E-state index contributed by atoms with van der Waals surface area (Å²) in [5.41, 5.74) is 12.0. The molecule has 124 heavy (non-hydrogen) atoms. The largest absolute Gasteiger partial charge is 0.504 e. The van der Waals surface area contributed by atoms with Gasteiger partial charge in [-0.3, -0.25) is 58.4 Å². The molecule has 0 bridgehead atoms. The number of aliphatic imine (C=N–C) groups is 4. The zero-order chi connectivity index (χ0) is 91.0. The number of carbonyl (C=O) groups is 6. The van der Waals surface area contributed by atoms with E-state index in [0.29, 0.717) is 99.2 Å². The van der Waals surface area contributed by atoms with Crippen LogP contribution in [0, 0.1) is 17.0 Å². The van der Waals surface area contributed by atoms with Crippen LogP contribution >= 0.6 is 70.6 Å². The molecular formula is C89H84Cl3N13O16S3. The molecule has 0 saturated heterocycles. The summed E-state index contributed by atoms with van der Waals surface area (Å²) in [6, 6.07) is 47.0. The molecule has 0 atom stereocenters. The number of aromatic nitrogens is 8. The van der Waals surface area contributed by atoms with Gasteiger partial charge >= 0.3 is 23.9 Å². The minimum atomic E-state index is -1.36. The van der Waals surface area contributed by atoms with Gasteiger partial charge in [-0.15, -0.1) is 11.3 Å². The third-order valence-corrected chi connectivity index (χ3v) is 21.5. The van der Waals surface area contributed by atoms with E-state index in [1.54, 1.807) is 131 Å². The van der Waals surface area contributed by atoms with E-state index in [9.17, 15) is 59.3 Å². The number of hydrogen-bond acceptors (Lipinski definition) is 23. The molecule has 35 heteroatoms. The number of nitro benzene ring substituents is 1. The average Bonchev–Trinajstić information content (AvgIpc) is 1.64. The first-order valence-corrected chi connectivity index (χ1v) is 40.4. The summed E-state index contributed by atoms with van der Waals surface area (Å²) in [6.45, 7) is 15.4. The van der Waals surface area contributed by atoms with Crippen LogP contribution in [0.5, 0.6) is 23.0 Å². The van der Waals surface area contributed by atoms with E-state index in [1.807, 2.05) is 43.3 Å². The number of carboxylic acids is 4. The first kappa shape index (κ1) is 94.5. The summed E-state index contributed by atoms with van der Waals surface area (Å²) in [4.78, 5) is 98.1. The molecule has 0 radical (unpaired) electrons. The van der Waals surface area contributed by atoms with Crippen molar-refractivity contribution in [1.29, 1.82) is 0 Å². The van der Waals surface area contributed by atoms with E-state index in [-0.39, 0.29) is 111 Å². The number of nitrogens with zero attached hydrogens (tertiary/aromatic N) is 13. The Morgan fingerprint density at radius 2 is 0.774 bits per heavy atom. The van der Waals surface area contributed by atoms with Gasteiger partial charge in [0.1, 0.15) is 69.1 Å². The van der Waals surface area contributed by atoms with Gasteiger partial charge in [0.2, 0.25) is 0 Å². The van der Waals surface area contributed by atoms with Crippen molar-refractivity contribution < 1.29 is 74.5 Å². The first-order valence-electron chi connectivity index (χ1n) is 37.6. The molecule has 8 N–H and O–H groups in total. The Hall–Kier alpha value is -13.4. The van der Waals surface area contributed by atoms with Gasteiger partial charge in [0.15, 0.2) is 34.6 Å². The van der Waals surface area contributed by atoms with E-state index in [1.165, 1.54) is 70.9 Å². The third-order valence-electron chi connectivity index (χ3n) is 19.1. The van der Waals surface area contributed by atoms with Crippen LogP contribution in [-0.4, -0.2) is 179 Å². The lowest BCUT2D eigenvalue weighted by Crippen LogP contribution is -2.10. The highest BCUT2D eigenvalue weighted by Gasteiger charge is 2.27. The molecule has 0 saturated carbocycles. The summed E-state index contributed by atoms with van der Waals surface area (Å²) in [6.07, 6.45) is 0.654. The average molecular weight is 1790 g/mol. The molecule has 0 aliphatic carbocycles. The molecule has 7 aromatic carbocycles. The highest BCUT2D eigenvalue weighted by Crippen LogP contribution is 2.38. The lowest BCUT2D eigenvalue weighted by atomic mass is 9.86. The maximum Gasteiger partial charge on any atom is 0.345 e. The Bertz CT molecular complexity index is 6240. The zero-order valence-electron chi connectivity index (χ0n) is 68.9. The fraction of sp³-hybridized carbons (Fsp3) is 0.213. The van der Waals surface area contributed by atoms with Crippen molar-refractivity contribution in [2.45, 2.75) is 73.6 Å². The van der Waals surface area contributed by atoms with Crippen LogP contribution < -0.4 is 0 Å². The van der Waals surface area contributed by atoms with Crippen LogP contribution in [0.3, 0.4) is 0 Å². The summed E-state index contributed by atoms with van der Waals surface area (Å²) in [5.74, 6) is -5.10. The van der Waals surface area contributed by atoms with Crippen molar-refractivity contribution in [1.82, 2.24) is 39.1 Å². The number of carbonyl (C=O) groups excluding carboxylic acids is 2. The molecule has 0 aliphatic rings. The predicted molar refractivity (Wildman–Crippen MR) is 487 cm³/mol. The summed E-state index contributed by atoms with van der Waals surface area (Å²) in [7, 11) is 6.93. The molecule has 0 fully saturated rings. The number of aryl methyl sites for hydroxylation is 5. The Morgan fingerprint density at radius 3 is 1.12 bits per heavy atom. The van der Waals surface area contributed by atoms with Crippen molar-refractivity contribution in [3.63, 3.8) is 0 Å². The number of thiocarbonyl (C=S) groups is 2. The van der Waals surface area contributed by atoms with Gasteiger partial charge in [-0.2, -0.15) is 20.4 Å². The van der Waals surface area contributed by atoms with Gasteiger partial charge < -0.3 is 40.9 Å². The van der Waals surface area contributed by atoms with Crippen molar-refractivity contribution in [3.8, 4) is 68.0 Å². The highest BCUT2D eigenvalue weighted by atomic mass is 35.5. The topological polar surface area (TPSA) is 428 Å². The van der Waals surface area contributed by atoms with E-state index in [4.69, 9.17) is 79.7 Å². The first-order chi connectivity index (χ1) is 58.5. The SMILES string of the molecule is CC(=NCC(=O)c1ccc(C(=O)O)cc1)c1nn(C)c(-c2ccc(Cl)cc2)c1O.CC(=NCC(=O)c1ccc(C(=O)O)s1)c1nn(C)c(-c2ccc(Cl)cc2)c1O.CC(=NCC(=S)Cc1ccc(C(=O)O)c(Cl)c1)c1nn(C)c(-c2ccc(C(C)(C)C)cc2)c1O.CC(=NCC(=S)Cc1ccc(C(=O)O)c([N+](=O)[O-])c1)c1nn(C)c(-c2ccc(C)cc2)c1O. The van der Waals surface area contributed by atoms with Crippen LogP contribution in [-0.2, 0) is 46.4 Å². The summed E-state index contributed by atoms with van der Waals surface area (Å²) >= 11 is 29.6. The smallest absolute Gasteiger partial charge is 0.345 e. The van der Waals surface area contributed by atoms with Gasteiger partial charge in [0.25, 0.3) is 5.69 Å². The highest BCUT2D eigenvalue weighted by molar-refractivity contribution is 7.80. The number of aromatic hydroxyl groups is 4. The molecule has 0 unspecified atom stereocenters. The molecule has 0 aliphatic heterocycles. The minimum absolute atomic E-state index is 0.0217. The van der Waals surface area contributed by atoms with Crippen molar-refractivity contribution >= 4 is 144 Å². The molecule has 29 nitrogen and oxygen atoms in total. The van der Waals surface area contributed by atoms with Crippen molar-refractivity contribution in [3.05, 3.63) is 272 Å². The van der Waals surface area contributed by atoms with Gasteiger partial charge in [0.05, 0.1) is 61.9 Å². The minimum Gasteiger partial charge on any atom is -0.504 e. The molecule has 5 heterocycles. The Morgan fingerprint density at radius 1 is 0.435 bits per heavy atom. The molecule has 0 spiro atoms. The van der Waals surface area contributed by atoms with Gasteiger partial charge in [-0.25, -0.2) is 19.2 Å². The normalized spacial score (nSPS) is 11.7. The standard InChI is InChI=1S/C26H28ClN3O3S.C23H22N4O5S.C21H18ClN3O4.C19H16ClN3O4S/c1-15(28-14-19(34)12-16-6-11-20(25(32)33)21(27)13-16)22-24(31)23(30(5)29-22)17-7-9-18(10-8-17)26(2,3)4;1-13-4-7-16(8-5-13)21-22(28)20(25-26(21)3)14(2)24-12-17(33)10-15-6-9-18(23(29)30)19(11-15)27(31)32;1-12(23-11-17(26)13-3-5-15(6-4-13)21(28)29)18-20(27)19(25(2)24-18)14-7-9-16(22)10-8-14;1-10(21-9-13(24)14-7-8-15(28-14)19(26)27)16-18(25)17(23(2)22-16)11-3-5-12(20)6-4-11/h6-11,13,31H,12,14H2,1-5H3,(H,32,33);4-9,11,28H,10,12H2,1-3H3,(H,29,30);3-10,27H,11H2,1-2H3,(H,28,29);3-8,25H,9H2,1-2H3,(H,26,27). The molecule has 12 rings (SSSR count). The zero-order valence-corrected chi connectivity index (χ0v) is 73.6. The molecule has 640 valence electrons. The number of nitro groups is 1. The van der Waals surface area contributed by atoms with E-state index in [0.717, 1.165) is 44.7 Å². The molecule has 5 aromatic heterocycles. The van der Waals surface area contributed by atoms with Gasteiger partial charge in [0, 0.05) is 94.7 Å².